The number of allylic oxidation sites excluding steroid dienone is 2. The van der Waals surface area contributed by atoms with E-state index in [1.54, 1.807) is 0 Å². The first-order valence-corrected chi connectivity index (χ1v) is 6.53. The first-order valence-electron chi connectivity index (χ1n) is 6.53. The molecule has 0 heterocycles. The molecule has 0 aromatic carbocycles. The van der Waals surface area contributed by atoms with Crippen LogP contribution in [0.15, 0.2) is 11.3 Å². The number of hydrogen-bond acceptors (Lipinski definition) is 2. The van der Waals surface area contributed by atoms with E-state index in [0.29, 0.717) is 11.3 Å². The minimum atomic E-state index is -0.146. The summed E-state index contributed by atoms with van der Waals surface area (Å²) in [6.45, 7) is 3.66. The van der Waals surface area contributed by atoms with Gasteiger partial charge in [-0.3, -0.25) is 4.79 Å². The maximum Gasteiger partial charge on any atom is 0.307 e. The maximum absolute atomic E-state index is 11.1. The molecule has 0 unspecified atom stereocenters. The fourth-order valence-corrected chi connectivity index (χ4v) is 4.29. The third-order valence-corrected chi connectivity index (χ3v) is 4.86. The van der Waals surface area contributed by atoms with Gasteiger partial charge in [0.25, 0.3) is 0 Å². The van der Waals surface area contributed by atoms with Crippen molar-refractivity contribution in [1.29, 1.82) is 0 Å². The van der Waals surface area contributed by atoms with E-state index in [-0.39, 0.29) is 5.97 Å². The molecule has 3 aliphatic rings. The van der Waals surface area contributed by atoms with Crippen LogP contribution in [-0.4, -0.2) is 5.97 Å². The highest BCUT2D eigenvalue weighted by Gasteiger charge is 2.69. The van der Waals surface area contributed by atoms with E-state index in [2.05, 4.69) is 6.92 Å². The molecular formula is C14H20O2. The second kappa shape index (κ2) is 3.35. The Morgan fingerprint density at radius 3 is 2.94 bits per heavy atom. The summed E-state index contributed by atoms with van der Waals surface area (Å²) in [7, 11) is 0. The Hall–Kier alpha value is -0.790. The van der Waals surface area contributed by atoms with Crippen molar-refractivity contribution >= 4 is 5.97 Å². The van der Waals surface area contributed by atoms with E-state index in [0.717, 1.165) is 11.7 Å². The molecule has 16 heavy (non-hydrogen) atoms. The molecule has 3 rings (SSSR count). The van der Waals surface area contributed by atoms with Crippen LogP contribution in [0.3, 0.4) is 0 Å². The second-order valence-electron chi connectivity index (χ2n) is 5.83. The van der Waals surface area contributed by atoms with Gasteiger partial charge in [-0.2, -0.15) is 0 Å². The zero-order chi connectivity index (χ0) is 11.3. The van der Waals surface area contributed by atoms with Crippen molar-refractivity contribution in [3.63, 3.8) is 0 Å². The summed E-state index contributed by atoms with van der Waals surface area (Å²) in [5.74, 6) is 2.32. The number of carbonyl (C=O) groups excluding carboxylic acids is 1. The molecule has 0 saturated heterocycles. The van der Waals surface area contributed by atoms with Crippen molar-refractivity contribution in [2.24, 2.45) is 17.3 Å². The number of rotatable bonds is 1. The molecular weight excluding hydrogens is 200 g/mol. The second-order valence-corrected chi connectivity index (χ2v) is 5.83. The first kappa shape index (κ1) is 10.4. The van der Waals surface area contributed by atoms with Crippen LogP contribution in [0.25, 0.3) is 0 Å². The summed E-state index contributed by atoms with van der Waals surface area (Å²) in [4.78, 5) is 11.1. The van der Waals surface area contributed by atoms with Gasteiger partial charge in [-0.25, -0.2) is 0 Å². The van der Waals surface area contributed by atoms with Crippen LogP contribution in [0.2, 0.25) is 0 Å². The van der Waals surface area contributed by atoms with Gasteiger partial charge in [-0.05, 0) is 43.1 Å². The van der Waals surface area contributed by atoms with Crippen molar-refractivity contribution in [3.8, 4) is 0 Å². The Bertz CT molecular complexity index is 369. The predicted octanol–water partition coefficient (Wildman–Crippen LogP) is 3.42. The number of carbonyl (C=O) groups is 1. The highest BCUT2D eigenvalue weighted by molar-refractivity contribution is 5.68. The lowest BCUT2D eigenvalue weighted by Crippen LogP contribution is -2.03. The Kier molecular flexibility index (Phi) is 2.17. The first-order chi connectivity index (χ1) is 7.65. The van der Waals surface area contributed by atoms with Crippen LogP contribution in [0.5, 0.6) is 0 Å². The van der Waals surface area contributed by atoms with Gasteiger partial charge in [-0.1, -0.05) is 19.3 Å². The average Bonchev–Trinajstić information content (AvgIpc) is 2.76. The Morgan fingerprint density at radius 2 is 2.19 bits per heavy atom. The third kappa shape index (κ3) is 1.28. The molecule has 0 radical (unpaired) electrons. The number of hydrogen-bond donors (Lipinski definition) is 0. The number of esters is 1. The summed E-state index contributed by atoms with van der Waals surface area (Å²) < 4.78 is 5.45. The lowest BCUT2D eigenvalue weighted by Gasteiger charge is -2.12. The average molecular weight is 220 g/mol. The highest BCUT2D eigenvalue weighted by atomic mass is 16.5. The van der Waals surface area contributed by atoms with E-state index < -0.39 is 0 Å². The van der Waals surface area contributed by atoms with E-state index >= 15 is 0 Å². The summed E-state index contributed by atoms with van der Waals surface area (Å²) >= 11 is 0. The lowest BCUT2D eigenvalue weighted by molar-refractivity contribution is -0.137. The van der Waals surface area contributed by atoms with Crippen LogP contribution in [0, 0.1) is 17.3 Å². The van der Waals surface area contributed by atoms with Crippen molar-refractivity contribution in [2.45, 2.75) is 52.4 Å². The van der Waals surface area contributed by atoms with Crippen molar-refractivity contribution in [1.82, 2.24) is 0 Å². The number of fused-ring (bicyclic) bond motifs is 1. The molecule has 88 valence electrons. The molecule has 0 aliphatic heterocycles. The Labute approximate surface area is 97.1 Å². The van der Waals surface area contributed by atoms with E-state index in [1.807, 2.05) is 0 Å². The van der Waals surface area contributed by atoms with Crippen molar-refractivity contribution in [3.05, 3.63) is 11.3 Å². The third-order valence-electron chi connectivity index (χ3n) is 4.86. The monoisotopic (exact) mass is 220 g/mol. The Balaban J connectivity index is 1.83. The van der Waals surface area contributed by atoms with Gasteiger partial charge >= 0.3 is 5.97 Å². The standard InChI is InChI=1S/C14H20O2/c1-9-8-14-7-5-3-4-6-11(14)12(14)13(9)16-10(2)15/h11-12H,3-8H2,1-2H3/t11-,12+,14+/m1/s1. The van der Waals surface area contributed by atoms with Crippen LogP contribution < -0.4 is 0 Å². The molecule has 0 amide bonds. The fraction of sp³-hybridized carbons (Fsp3) is 0.786. The summed E-state index contributed by atoms with van der Waals surface area (Å²) in [6.07, 6.45) is 8.02. The van der Waals surface area contributed by atoms with E-state index in [9.17, 15) is 4.79 Å². The van der Waals surface area contributed by atoms with Gasteiger partial charge < -0.3 is 4.74 Å². The van der Waals surface area contributed by atoms with Crippen molar-refractivity contribution in [2.75, 3.05) is 0 Å². The van der Waals surface area contributed by atoms with Crippen LogP contribution in [0.4, 0.5) is 0 Å². The number of ether oxygens (including phenoxy) is 1. The summed E-state index contributed by atoms with van der Waals surface area (Å²) in [5, 5.41) is 0. The highest BCUT2D eigenvalue weighted by Crippen LogP contribution is 2.74. The molecule has 1 spiro atoms. The quantitative estimate of drug-likeness (QED) is 0.633. The minimum absolute atomic E-state index is 0.146. The van der Waals surface area contributed by atoms with Gasteiger partial charge in [0, 0.05) is 12.8 Å². The molecule has 2 nitrogen and oxygen atoms in total. The molecule has 2 saturated carbocycles. The van der Waals surface area contributed by atoms with Gasteiger partial charge in [0.2, 0.25) is 0 Å². The summed E-state index contributed by atoms with van der Waals surface area (Å²) in [5.41, 5.74) is 1.85. The molecule has 2 heteroatoms. The van der Waals surface area contributed by atoms with Gasteiger partial charge in [0.15, 0.2) is 0 Å². The fourth-order valence-electron chi connectivity index (χ4n) is 4.29. The molecule has 0 aromatic rings. The molecule has 3 atom stereocenters. The van der Waals surface area contributed by atoms with Crippen LogP contribution in [0.1, 0.15) is 52.4 Å². The maximum atomic E-state index is 11.1. The SMILES string of the molecule is CC(=O)OC1=C(C)C[C@@]23CCCCC[C@@H]2[C@@H]13. The zero-order valence-electron chi connectivity index (χ0n) is 10.2. The molecule has 2 fully saturated rings. The Morgan fingerprint density at radius 1 is 1.38 bits per heavy atom. The molecule has 3 aliphatic carbocycles. The molecule has 0 bridgehead atoms. The van der Waals surface area contributed by atoms with E-state index in [4.69, 9.17) is 4.74 Å². The minimum Gasteiger partial charge on any atom is -0.431 e. The normalized spacial score (nSPS) is 41.1. The smallest absolute Gasteiger partial charge is 0.307 e. The van der Waals surface area contributed by atoms with Crippen LogP contribution in [-0.2, 0) is 9.53 Å². The largest absolute Gasteiger partial charge is 0.431 e. The van der Waals surface area contributed by atoms with Gasteiger partial charge in [-0.15, -0.1) is 0 Å². The molecule has 0 N–H and O–H groups in total. The topological polar surface area (TPSA) is 26.3 Å². The molecule has 0 aromatic heterocycles. The van der Waals surface area contributed by atoms with Crippen molar-refractivity contribution < 1.29 is 9.53 Å². The predicted molar refractivity (Wildman–Crippen MR) is 61.6 cm³/mol. The van der Waals surface area contributed by atoms with Gasteiger partial charge in [0.05, 0.1) is 0 Å². The van der Waals surface area contributed by atoms with Crippen LogP contribution >= 0.6 is 0 Å². The van der Waals surface area contributed by atoms with Gasteiger partial charge in [0.1, 0.15) is 5.76 Å². The summed E-state index contributed by atoms with van der Waals surface area (Å²) in [6, 6.07) is 0. The zero-order valence-corrected chi connectivity index (χ0v) is 10.2. The lowest BCUT2D eigenvalue weighted by atomic mass is 9.92. The van der Waals surface area contributed by atoms with E-state index in [1.165, 1.54) is 51.0 Å².